The molecular formula is C15H14F3N3O4. The van der Waals surface area contributed by atoms with Crippen LogP contribution in [-0.2, 0) is 4.84 Å². The first-order valence-electron chi connectivity index (χ1n) is 7.00. The van der Waals surface area contributed by atoms with Gasteiger partial charge in [0.15, 0.2) is 11.6 Å². The fraction of sp³-hybridized carbons (Fsp3) is 0.200. The molecule has 1 unspecified atom stereocenters. The quantitative estimate of drug-likeness (QED) is 0.556. The van der Waals surface area contributed by atoms with Crippen molar-refractivity contribution in [1.82, 2.24) is 10.5 Å². The molecule has 0 aliphatic heterocycles. The number of amides is 1. The summed E-state index contributed by atoms with van der Waals surface area (Å²) >= 11 is 0. The van der Waals surface area contributed by atoms with Gasteiger partial charge in [0, 0.05) is 0 Å². The number of nitrogens with one attached hydrogen (secondary N) is 2. The lowest BCUT2D eigenvalue weighted by atomic mass is 10.1. The van der Waals surface area contributed by atoms with Crippen LogP contribution >= 0.6 is 0 Å². The summed E-state index contributed by atoms with van der Waals surface area (Å²) in [4.78, 5) is 20.4. The Bertz CT molecular complexity index is 744. The van der Waals surface area contributed by atoms with Crippen molar-refractivity contribution in [2.24, 2.45) is 0 Å². The number of rotatable bonds is 7. The molecule has 2 aromatic rings. The van der Waals surface area contributed by atoms with Gasteiger partial charge in [-0.1, -0.05) is 0 Å². The van der Waals surface area contributed by atoms with E-state index in [1.165, 1.54) is 6.07 Å². The van der Waals surface area contributed by atoms with Gasteiger partial charge in [-0.25, -0.2) is 23.6 Å². The van der Waals surface area contributed by atoms with E-state index in [0.717, 1.165) is 24.4 Å². The first-order chi connectivity index (χ1) is 11.9. The summed E-state index contributed by atoms with van der Waals surface area (Å²) in [6, 6.07) is 3.97. The first-order valence-corrected chi connectivity index (χ1v) is 7.00. The molecule has 10 heteroatoms. The molecule has 4 N–H and O–H groups in total. The van der Waals surface area contributed by atoms with Crippen molar-refractivity contribution >= 4 is 17.4 Å². The molecule has 7 nitrogen and oxygen atoms in total. The molecule has 0 fully saturated rings. The number of carbonyl (C=O) groups is 1. The average molecular weight is 357 g/mol. The molecule has 0 bridgehead atoms. The van der Waals surface area contributed by atoms with Crippen molar-refractivity contribution < 1.29 is 33.0 Å². The largest absolute Gasteiger partial charge is 0.394 e. The van der Waals surface area contributed by atoms with Crippen molar-refractivity contribution in [2.75, 3.05) is 18.5 Å². The van der Waals surface area contributed by atoms with Gasteiger partial charge in [-0.2, -0.15) is 0 Å². The van der Waals surface area contributed by atoms with E-state index in [2.05, 4.69) is 15.1 Å². The summed E-state index contributed by atoms with van der Waals surface area (Å²) in [7, 11) is 0. The number of hydrogen-bond acceptors (Lipinski definition) is 6. The number of pyridine rings is 1. The van der Waals surface area contributed by atoms with E-state index in [9.17, 15) is 18.0 Å². The molecular weight excluding hydrogens is 343 g/mol. The molecule has 134 valence electrons. The minimum Gasteiger partial charge on any atom is -0.394 e. The minimum atomic E-state index is -1.34. The summed E-state index contributed by atoms with van der Waals surface area (Å²) in [6.07, 6.45) is -0.357. The lowest BCUT2D eigenvalue weighted by Gasteiger charge is -2.14. The summed E-state index contributed by atoms with van der Waals surface area (Å²) in [5.41, 5.74) is 1.09. The lowest BCUT2D eigenvalue weighted by Crippen LogP contribution is -2.30. The number of hydrogen-bond donors (Lipinski definition) is 4. The minimum absolute atomic E-state index is 0.0171. The van der Waals surface area contributed by atoms with E-state index in [1.54, 1.807) is 0 Å². The fourth-order valence-electron chi connectivity index (χ4n) is 1.75. The first kappa shape index (κ1) is 18.6. The Morgan fingerprint density at radius 2 is 2.00 bits per heavy atom. The Hall–Kier alpha value is -2.69. The van der Waals surface area contributed by atoms with Crippen LogP contribution in [0.1, 0.15) is 10.4 Å². The van der Waals surface area contributed by atoms with E-state index < -0.39 is 48.4 Å². The summed E-state index contributed by atoms with van der Waals surface area (Å²) in [6.45, 7) is -0.988. The number of nitrogens with zero attached hydrogens (tertiary/aromatic N) is 1. The Kier molecular flexibility index (Phi) is 6.28. The van der Waals surface area contributed by atoms with Gasteiger partial charge >= 0.3 is 0 Å². The number of anilines is 2. The van der Waals surface area contributed by atoms with E-state index in [4.69, 9.17) is 10.2 Å². The Labute approximate surface area is 140 Å². The molecule has 0 radical (unpaired) electrons. The monoisotopic (exact) mass is 357 g/mol. The smallest absolute Gasteiger partial charge is 0.277 e. The van der Waals surface area contributed by atoms with Crippen molar-refractivity contribution in [2.45, 2.75) is 6.10 Å². The highest BCUT2D eigenvalue weighted by Gasteiger charge is 2.20. The van der Waals surface area contributed by atoms with E-state index in [-0.39, 0.29) is 11.4 Å². The third-order valence-electron chi connectivity index (χ3n) is 2.97. The highest BCUT2D eigenvalue weighted by atomic mass is 19.2. The van der Waals surface area contributed by atoms with Crippen LogP contribution in [0.4, 0.5) is 24.7 Å². The normalized spacial score (nSPS) is 11.9. The van der Waals surface area contributed by atoms with Crippen LogP contribution in [0.3, 0.4) is 0 Å². The number of aromatic nitrogens is 1. The molecule has 25 heavy (non-hydrogen) atoms. The Balaban J connectivity index is 2.21. The molecule has 0 saturated heterocycles. The van der Waals surface area contributed by atoms with E-state index >= 15 is 0 Å². The lowest BCUT2D eigenvalue weighted by molar-refractivity contribution is -0.0295. The van der Waals surface area contributed by atoms with Crippen LogP contribution in [0.15, 0.2) is 30.5 Å². The van der Waals surface area contributed by atoms with Crippen molar-refractivity contribution in [3.05, 3.63) is 53.5 Å². The predicted octanol–water partition coefficient (Wildman–Crippen LogP) is 1.26. The number of aliphatic hydroxyl groups is 2. The van der Waals surface area contributed by atoms with Gasteiger partial charge in [-0.3, -0.25) is 9.63 Å². The zero-order chi connectivity index (χ0) is 18.4. The van der Waals surface area contributed by atoms with Crippen molar-refractivity contribution in [1.29, 1.82) is 0 Å². The van der Waals surface area contributed by atoms with Crippen molar-refractivity contribution in [3.63, 3.8) is 0 Å². The molecule has 1 atom stereocenters. The standard InChI is InChI=1S/C15H14F3N3O4/c16-8-1-4-12(19-5-8)20-14-10(2-3-11(17)13(14)18)15(24)21-25-7-9(23)6-22/h1-5,9,22-23H,6-7H2,(H,19,20)(H,21,24). The zero-order valence-corrected chi connectivity index (χ0v) is 12.7. The highest BCUT2D eigenvalue weighted by Crippen LogP contribution is 2.25. The number of carbonyl (C=O) groups excluding carboxylic acids is 1. The molecule has 0 aliphatic rings. The summed E-state index contributed by atoms with van der Waals surface area (Å²) in [5, 5.41) is 20.1. The molecule has 0 aliphatic carbocycles. The van der Waals surface area contributed by atoms with Crippen LogP contribution in [0.2, 0.25) is 0 Å². The third kappa shape index (κ3) is 4.89. The highest BCUT2D eigenvalue weighted by molar-refractivity contribution is 5.99. The van der Waals surface area contributed by atoms with Gasteiger partial charge in [-0.05, 0) is 24.3 Å². The molecule has 0 saturated carbocycles. The predicted molar refractivity (Wildman–Crippen MR) is 80.3 cm³/mol. The second-order valence-corrected chi connectivity index (χ2v) is 4.85. The maximum atomic E-state index is 14.1. The number of aliphatic hydroxyl groups excluding tert-OH is 2. The van der Waals surface area contributed by atoms with Crippen LogP contribution in [0, 0.1) is 17.5 Å². The van der Waals surface area contributed by atoms with Crippen LogP contribution in [-0.4, -0.2) is 40.4 Å². The van der Waals surface area contributed by atoms with Crippen LogP contribution < -0.4 is 10.8 Å². The van der Waals surface area contributed by atoms with Gasteiger partial charge in [-0.15, -0.1) is 0 Å². The SMILES string of the molecule is O=C(NOCC(O)CO)c1ccc(F)c(F)c1Nc1ccc(F)cn1. The summed E-state index contributed by atoms with van der Waals surface area (Å²) < 4.78 is 40.4. The molecule has 2 rings (SSSR count). The Morgan fingerprint density at radius 1 is 1.24 bits per heavy atom. The molecule has 1 heterocycles. The van der Waals surface area contributed by atoms with Gasteiger partial charge in [0.2, 0.25) is 0 Å². The molecule has 1 aromatic heterocycles. The maximum absolute atomic E-state index is 14.1. The van der Waals surface area contributed by atoms with Crippen LogP contribution in [0.25, 0.3) is 0 Å². The topological polar surface area (TPSA) is 104 Å². The van der Waals surface area contributed by atoms with Crippen molar-refractivity contribution in [3.8, 4) is 0 Å². The van der Waals surface area contributed by atoms with Gasteiger partial charge in [0.05, 0.1) is 24.1 Å². The Morgan fingerprint density at radius 3 is 2.64 bits per heavy atom. The third-order valence-corrected chi connectivity index (χ3v) is 2.97. The van der Waals surface area contributed by atoms with E-state index in [1.807, 2.05) is 5.48 Å². The second kappa shape index (κ2) is 8.42. The van der Waals surface area contributed by atoms with Gasteiger partial charge in [0.25, 0.3) is 5.91 Å². The fourth-order valence-corrected chi connectivity index (χ4v) is 1.75. The number of benzene rings is 1. The van der Waals surface area contributed by atoms with Gasteiger partial charge < -0.3 is 15.5 Å². The average Bonchev–Trinajstić information content (AvgIpc) is 2.60. The molecule has 1 amide bonds. The molecule has 0 spiro atoms. The molecule has 1 aromatic carbocycles. The van der Waals surface area contributed by atoms with Crippen LogP contribution in [0.5, 0.6) is 0 Å². The van der Waals surface area contributed by atoms with Gasteiger partial charge in [0.1, 0.15) is 24.3 Å². The summed E-state index contributed by atoms with van der Waals surface area (Å²) in [5.74, 6) is -4.13. The number of halogens is 3. The second-order valence-electron chi connectivity index (χ2n) is 4.85. The maximum Gasteiger partial charge on any atom is 0.277 e. The zero-order valence-electron chi connectivity index (χ0n) is 12.7. The van der Waals surface area contributed by atoms with E-state index in [0.29, 0.717) is 0 Å². The number of hydroxylamine groups is 1.